The van der Waals surface area contributed by atoms with Crippen molar-refractivity contribution in [1.29, 1.82) is 0 Å². The van der Waals surface area contributed by atoms with Gasteiger partial charge in [-0.1, -0.05) is 18.2 Å². The highest BCUT2D eigenvalue weighted by Crippen LogP contribution is 2.24. The monoisotopic (exact) mass is 404 g/mol. The molecule has 5 rings (SSSR count). The van der Waals surface area contributed by atoms with Crippen molar-refractivity contribution in [2.45, 2.75) is 6.54 Å². The molecule has 7 nitrogen and oxygen atoms in total. The average Bonchev–Trinajstić information content (AvgIpc) is 3.39. The van der Waals surface area contributed by atoms with Gasteiger partial charge in [0.2, 0.25) is 0 Å². The van der Waals surface area contributed by atoms with E-state index in [4.69, 9.17) is 9.72 Å². The van der Waals surface area contributed by atoms with Gasteiger partial charge < -0.3 is 9.72 Å². The predicted molar refractivity (Wildman–Crippen MR) is 113 cm³/mol. The number of hydrogen-bond donors (Lipinski definition) is 2. The molecular formula is C22H21FN6O. The number of imidazole rings is 1. The quantitative estimate of drug-likeness (QED) is 0.532. The zero-order chi connectivity index (χ0) is 20.3. The largest absolute Gasteiger partial charge is 0.379 e. The fourth-order valence-electron chi connectivity index (χ4n) is 3.61. The minimum Gasteiger partial charge on any atom is -0.379 e. The first-order chi connectivity index (χ1) is 14.7. The van der Waals surface area contributed by atoms with E-state index in [-0.39, 0.29) is 5.82 Å². The lowest BCUT2D eigenvalue weighted by molar-refractivity contribution is 0.0342. The maximum atomic E-state index is 13.3. The van der Waals surface area contributed by atoms with E-state index in [0.717, 1.165) is 55.1 Å². The number of nitrogens with one attached hydrogen (secondary N) is 2. The lowest BCUT2D eigenvalue weighted by atomic mass is 10.2. The van der Waals surface area contributed by atoms with Gasteiger partial charge in [0.05, 0.1) is 36.6 Å². The molecule has 8 heteroatoms. The molecule has 2 N–H and O–H groups in total. The first kappa shape index (κ1) is 18.7. The van der Waals surface area contributed by atoms with Crippen molar-refractivity contribution in [2.24, 2.45) is 0 Å². The minimum atomic E-state index is -0.366. The van der Waals surface area contributed by atoms with E-state index in [2.05, 4.69) is 37.2 Å². The topological polar surface area (TPSA) is 82.7 Å². The third-order valence-electron chi connectivity index (χ3n) is 5.14. The van der Waals surface area contributed by atoms with E-state index in [1.54, 1.807) is 18.5 Å². The Morgan fingerprint density at radius 1 is 1.10 bits per heavy atom. The van der Waals surface area contributed by atoms with Crippen LogP contribution < -0.4 is 0 Å². The molecule has 0 aliphatic carbocycles. The van der Waals surface area contributed by atoms with Crippen LogP contribution in [0.25, 0.3) is 34.7 Å². The second kappa shape index (κ2) is 8.17. The molecule has 1 saturated heterocycles. The average molecular weight is 404 g/mol. The Morgan fingerprint density at radius 2 is 2.00 bits per heavy atom. The highest BCUT2D eigenvalue weighted by Gasteiger charge is 2.13. The van der Waals surface area contributed by atoms with Crippen LogP contribution in [0.2, 0.25) is 0 Å². The molecule has 0 spiro atoms. The standard InChI is InChI=1S/C22H21FN6O/c23-18-9-15(11-24-13-18)1-3-17-12-25-28-21(17)22-26-19-4-2-16(10-20(19)27-22)14-29-5-7-30-8-6-29/h1-4,9-13H,5-8,14H2,(H,25,28)(H,26,27)/b3-1+. The Morgan fingerprint density at radius 3 is 2.87 bits per heavy atom. The van der Waals surface area contributed by atoms with Gasteiger partial charge in [0, 0.05) is 31.4 Å². The summed E-state index contributed by atoms with van der Waals surface area (Å²) in [6, 6.07) is 7.73. The summed E-state index contributed by atoms with van der Waals surface area (Å²) < 4.78 is 18.8. The fourth-order valence-corrected chi connectivity index (χ4v) is 3.61. The molecule has 0 unspecified atom stereocenters. The van der Waals surface area contributed by atoms with Gasteiger partial charge in [-0.3, -0.25) is 15.0 Å². The Bertz CT molecular complexity index is 1190. The number of ether oxygens (including phenoxy) is 1. The van der Waals surface area contributed by atoms with E-state index < -0.39 is 0 Å². The number of rotatable bonds is 5. The number of nitrogens with zero attached hydrogens (tertiary/aromatic N) is 4. The van der Waals surface area contributed by atoms with Crippen molar-refractivity contribution < 1.29 is 9.13 Å². The van der Waals surface area contributed by atoms with Crippen molar-refractivity contribution in [3.05, 3.63) is 65.4 Å². The molecule has 3 aromatic heterocycles. The van der Waals surface area contributed by atoms with Gasteiger partial charge in [-0.15, -0.1) is 0 Å². The van der Waals surface area contributed by atoms with Crippen LogP contribution in [0.1, 0.15) is 16.7 Å². The molecule has 1 aromatic carbocycles. The maximum Gasteiger partial charge on any atom is 0.157 e. The van der Waals surface area contributed by atoms with Crippen LogP contribution in [0.4, 0.5) is 4.39 Å². The molecule has 1 aliphatic rings. The highest BCUT2D eigenvalue weighted by molar-refractivity contribution is 5.82. The molecule has 0 radical (unpaired) electrons. The van der Waals surface area contributed by atoms with E-state index in [9.17, 15) is 4.39 Å². The summed E-state index contributed by atoms with van der Waals surface area (Å²) in [7, 11) is 0. The predicted octanol–water partition coefficient (Wildman–Crippen LogP) is 3.49. The summed E-state index contributed by atoms with van der Waals surface area (Å²) in [5.74, 6) is 0.345. The van der Waals surface area contributed by atoms with Crippen molar-refractivity contribution in [1.82, 2.24) is 30.0 Å². The van der Waals surface area contributed by atoms with Gasteiger partial charge in [-0.25, -0.2) is 9.37 Å². The normalized spacial score (nSPS) is 15.4. The number of H-pyrrole nitrogens is 2. The molecule has 0 bridgehead atoms. The highest BCUT2D eigenvalue weighted by atomic mass is 19.1. The van der Waals surface area contributed by atoms with E-state index in [0.29, 0.717) is 11.4 Å². The number of aromatic nitrogens is 5. The lowest BCUT2D eigenvalue weighted by Crippen LogP contribution is -2.35. The van der Waals surface area contributed by atoms with Crippen LogP contribution in [0.5, 0.6) is 0 Å². The molecular weight excluding hydrogens is 383 g/mol. The van der Waals surface area contributed by atoms with E-state index in [1.807, 2.05) is 12.1 Å². The molecule has 0 amide bonds. The smallest absolute Gasteiger partial charge is 0.157 e. The number of benzene rings is 1. The van der Waals surface area contributed by atoms with Crippen LogP contribution in [-0.4, -0.2) is 56.4 Å². The Labute approximate surface area is 172 Å². The summed E-state index contributed by atoms with van der Waals surface area (Å²) in [6.45, 7) is 4.39. The molecule has 0 saturated carbocycles. The summed E-state index contributed by atoms with van der Waals surface area (Å²) >= 11 is 0. The number of aromatic amines is 2. The molecule has 1 fully saturated rings. The fraction of sp³-hybridized carbons (Fsp3) is 0.227. The number of halogens is 1. The van der Waals surface area contributed by atoms with Crippen LogP contribution in [0, 0.1) is 5.82 Å². The van der Waals surface area contributed by atoms with Gasteiger partial charge in [-0.2, -0.15) is 5.10 Å². The minimum absolute atomic E-state index is 0.366. The van der Waals surface area contributed by atoms with Gasteiger partial charge in [-0.05, 0) is 29.3 Å². The second-order valence-corrected chi connectivity index (χ2v) is 7.30. The number of morpholine rings is 1. The summed E-state index contributed by atoms with van der Waals surface area (Å²) in [6.07, 6.45) is 8.17. The van der Waals surface area contributed by atoms with E-state index >= 15 is 0 Å². The molecule has 4 heterocycles. The lowest BCUT2D eigenvalue weighted by Gasteiger charge is -2.26. The van der Waals surface area contributed by atoms with Crippen LogP contribution in [0.15, 0.2) is 42.9 Å². The second-order valence-electron chi connectivity index (χ2n) is 7.30. The van der Waals surface area contributed by atoms with Crippen molar-refractivity contribution in [2.75, 3.05) is 26.3 Å². The van der Waals surface area contributed by atoms with Crippen LogP contribution in [0.3, 0.4) is 0 Å². The van der Waals surface area contributed by atoms with Crippen LogP contribution in [-0.2, 0) is 11.3 Å². The third-order valence-corrected chi connectivity index (χ3v) is 5.14. The first-order valence-electron chi connectivity index (χ1n) is 9.86. The molecule has 1 aliphatic heterocycles. The Balaban J connectivity index is 1.39. The van der Waals surface area contributed by atoms with Gasteiger partial charge >= 0.3 is 0 Å². The van der Waals surface area contributed by atoms with Gasteiger partial charge in [0.25, 0.3) is 0 Å². The third kappa shape index (κ3) is 4.00. The number of pyridine rings is 1. The number of hydrogen-bond acceptors (Lipinski definition) is 5. The summed E-state index contributed by atoms with van der Waals surface area (Å²) in [5, 5.41) is 7.15. The van der Waals surface area contributed by atoms with Crippen LogP contribution >= 0.6 is 0 Å². The maximum absolute atomic E-state index is 13.3. The SMILES string of the molecule is Fc1cncc(/C=C/c2cn[nH]c2-c2nc3ccc(CN4CCOCC4)cc3[nH]2)c1. The van der Waals surface area contributed by atoms with E-state index in [1.165, 1.54) is 17.8 Å². The molecule has 0 atom stereocenters. The Hall–Kier alpha value is -3.36. The molecule has 152 valence electrons. The summed E-state index contributed by atoms with van der Waals surface area (Å²) in [5.41, 5.74) is 5.43. The van der Waals surface area contributed by atoms with Crippen molar-refractivity contribution in [3.63, 3.8) is 0 Å². The summed E-state index contributed by atoms with van der Waals surface area (Å²) in [4.78, 5) is 14.4. The molecule has 4 aromatic rings. The van der Waals surface area contributed by atoms with Crippen molar-refractivity contribution in [3.8, 4) is 11.5 Å². The first-order valence-corrected chi connectivity index (χ1v) is 9.86. The number of fused-ring (bicyclic) bond motifs is 1. The van der Waals surface area contributed by atoms with Gasteiger partial charge in [0.15, 0.2) is 5.82 Å². The zero-order valence-corrected chi connectivity index (χ0v) is 16.3. The zero-order valence-electron chi connectivity index (χ0n) is 16.3. The van der Waals surface area contributed by atoms with Crippen molar-refractivity contribution >= 4 is 23.2 Å². The Kier molecular flexibility index (Phi) is 5.08. The van der Waals surface area contributed by atoms with Gasteiger partial charge in [0.1, 0.15) is 11.5 Å². The molecule has 30 heavy (non-hydrogen) atoms.